The zero-order valence-electron chi connectivity index (χ0n) is 15.9. The van der Waals surface area contributed by atoms with Gasteiger partial charge in [-0.15, -0.1) is 0 Å². The number of carbonyl (C=O) groups is 2. The van der Waals surface area contributed by atoms with Crippen molar-refractivity contribution in [2.45, 2.75) is 18.4 Å². The van der Waals surface area contributed by atoms with Crippen molar-refractivity contribution >= 4 is 23.7 Å². The summed E-state index contributed by atoms with van der Waals surface area (Å²) in [6.07, 6.45) is 0.479. The lowest BCUT2D eigenvalue weighted by Gasteiger charge is -2.19. The van der Waals surface area contributed by atoms with Gasteiger partial charge in [-0.2, -0.15) is 0 Å². The number of carboxylic acid groups (broad SMARTS) is 1. The van der Waals surface area contributed by atoms with Crippen LogP contribution in [-0.2, 0) is 9.53 Å². The highest BCUT2D eigenvalue weighted by Gasteiger charge is 2.29. The molecule has 2 N–H and O–H groups in total. The average molecular weight is 423 g/mol. The summed E-state index contributed by atoms with van der Waals surface area (Å²) >= 11 is 5.90. The van der Waals surface area contributed by atoms with Crippen LogP contribution in [0.1, 0.15) is 35.1 Å². The van der Waals surface area contributed by atoms with Crippen LogP contribution in [-0.4, -0.2) is 28.8 Å². The molecule has 30 heavy (non-hydrogen) atoms. The molecule has 0 radical (unpaired) electrons. The summed E-state index contributed by atoms with van der Waals surface area (Å²) in [5.41, 5.74) is 5.03. The van der Waals surface area contributed by atoms with Crippen LogP contribution in [0, 0.1) is 0 Å². The van der Waals surface area contributed by atoms with Crippen LogP contribution in [0.25, 0.3) is 11.1 Å². The third kappa shape index (κ3) is 4.14. The first-order valence-electron chi connectivity index (χ1n) is 9.47. The maximum absolute atomic E-state index is 12.5. The van der Waals surface area contributed by atoms with Gasteiger partial charge in [0, 0.05) is 12.1 Å². The summed E-state index contributed by atoms with van der Waals surface area (Å²) in [6.45, 7) is 0.150. The van der Waals surface area contributed by atoms with Crippen molar-refractivity contribution in [2.24, 2.45) is 0 Å². The van der Waals surface area contributed by atoms with Gasteiger partial charge in [0.05, 0.1) is 12.5 Å². The molecule has 2 aromatic carbocycles. The first-order valence-corrected chi connectivity index (χ1v) is 9.85. The van der Waals surface area contributed by atoms with Crippen molar-refractivity contribution < 1.29 is 19.4 Å². The summed E-state index contributed by atoms with van der Waals surface area (Å²) in [5, 5.41) is 12.1. The minimum Gasteiger partial charge on any atom is -0.481 e. The Morgan fingerprint density at radius 3 is 2.30 bits per heavy atom. The predicted molar refractivity (Wildman–Crippen MR) is 112 cm³/mol. The molecule has 1 amide bonds. The van der Waals surface area contributed by atoms with E-state index in [1.165, 1.54) is 12.3 Å². The lowest BCUT2D eigenvalue weighted by molar-refractivity contribution is -0.137. The van der Waals surface area contributed by atoms with E-state index in [0.29, 0.717) is 5.56 Å². The van der Waals surface area contributed by atoms with Gasteiger partial charge in [-0.05, 0) is 39.9 Å². The van der Waals surface area contributed by atoms with E-state index < -0.39 is 18.1 Å². The van der Waals surface area contributed by atoms with Crippen LogP contribution < -0.4 is 5.32 Å². The van der Waals surface area contributed by atoms with E-state index in [4.69, 9.17) is 16.3 Å². The topological polar surface area (TPSA) is 88.5 Å². The molecular weight excluding hydrogens is 404 g/mol. The summed E-state index contributed by atoms with van der Waals surface area (Å²) < 4.78 is 5.51. The smallest absolute Gasteiger partial charge is 0.407 e. The molecule has 0 bridgehead atoms. The Kier molecular flexibility index (Phi) is 5.68. The molecular formula is C23H19ClN2O4. The van der Waals surface area contributed by atoms with Crippen molar-refractivity contribution in [2.75, 3.05) is 6.61 Å². The van der Waals surface area contributed by atoms with Crippen molar-refractivity contribution in [1.29, 1.82) is 0 Å². The lowest BCUT2D eigenvalue weighted by Crippen LogP contribution is -2.31. The molecule has 0 fully saturated rings. The Hall–Kier alpha value is -3.38. The molecule has 7 heteroatoms. The number of nitrogens with zero attached hydrogens (tertiary/aromatic N) is 1. The predicted octanol–water partition coefficient (Wildman–Crippen LogP) is 4.79. The number of benzene rings is 2. The summed E-state index contributed by atoms with van der Waals surface area (Å²) in [4.78, 5) is 27.6. The minimum absolute atomic E-state index is 0.0727. The normalized spacial score (nSPS) is 13.2. The second-order valence-electron chi connectivity index (χ2n) is 7.03. The van der Waals surface area contributed by atoms with E-state index in [-0.39, 0.29) is 24.1 Å². The number of fused-ring (bicyclic) bond motifs is 3. The van der Waals surface area contributed by atoms with Crippen molar-refractivity contribution in [1.82, 2.24) is 10.3 Å². The van der Waals surface area contributed by atoms with Crippen LogP contribution in [0.2, 0.25) is 5.15 Å². The molecule has 1 aliphatic carbocycles. The van der Waals surface area contributed by atoms with E-state index >= 15 is 0 Å². The molecule has 3 aromatic rings. The quantitative estimate of drug-likeness (QED) is 0.557. The molecule has 0 spiro atoms. The molecule has 1 aliphatic rings. The highest BCUT2D eigenvalue weighted by molar-refractivity contribution is 6.29. The van der Waals surface area contributed by atoms with Crippen LogP contribution in [0.5, 0.6) is 0 Å². The Morgan fingerprint density at radius 2 is 1.70 bits per heavy atom. The molecule has 0 aliphatic heterocycles. The maximum Gasteiger partial charge on any atom is 0.407 e. The first kappa shape index (κ1) is 19.9. The van der Waals surface area contributed by atoms with Crippen molar-refractivity contribution in [3.63, 3.8) is 0 Å². The Morgan fingerprint density at radius 1 is 1.07 bits per heavy atom. The number of hydrogen-bond donors (Lipinski definition) is 2. The molecule has 0 unspecified atom stereocenters. The van der Waals surface area contributed by atoms with Crippen LogP contribution in [0.4, 0.5) is 4.79 Å². The number of halogens is 1. The molecule has 152 valence electrons. The number of pyridine rings is 1. The molecule has 1 atom stereocenters. The third-order valence-electron chi connectivity index (χ3n) is 5.17. The standard InChI is InChI=1S/C23H19ClN2O4/c24-21-11-14(9-10-25-21)20(12-22(27)28)26-23(29)30-13-19-17-7-3-1-5-15(17)16-6-2-4-8-18(16)19/h1-11,19-20H,12-13H2,(H,26,29)(H,27,28)/t20-/m0/s1. The van der Waals surface area contributed by atoms with E-state index in [9.17, 15) is 14.7 Å². The number of hydrogen-bond acceptors (Lipinski definition) is 4. The highest BCUT2D eigenvalue weighted by Crippen LogP contribution is 2.44. The van der Waals surface area contributed by atoms with Crippen LogP contribution >= 0.6 is 11.6 Å². The zero-order chi connectivity index (χ0) is 21.1. The number of alkyl carbamates (subject to hydrolysis) is 1. The van der Waals surface area contributed by atoms with Gasteiger partial charge in [0.2, 0.25) is 0 Å². The Bertz CT molecular complexity index is 1060. The monoisotopic (exact) mass is 422 g/mol. The molecule has 0 saturated carbocycles. The van der Waals surface area contributed by atoms with E-state index in [2.05, 4.69) is 22.4 Å². The number of aromatic nitrogens is 1. The Labute approximate surface area is 178 Å². The van der Waals surface area contributed by atoms with Crippen LogP contribution in [0.3, 0.4) is 0 Å². The second kappa shape index (κ2) is 8.55. The molecule has 4 rings (SSSR count). The SMILES string of the molecule is O=C(O)C[C@H](NC(=O)OCC1c2ccccc2-c2ccccc21)c1ccnc(Cl)c1. The lowest BCUT2D eigenvalue weighted by atomic mass is 9.98. The van der Waals surface area contributed by atoms with E-state index in [0.717, 1.165) is 22.3 Å². The van der Waals surface area contributed by atoms with Gasteiger partial charge >= 0.3 is 12.1 Å². The Balaban J connectivity index is 1.48. The summed E-state index contributed by atoms with van der Waals surface area (Å²) in [5.74, 6) is -1.12. The van der Waals surface area contributed by atoms with Gasteiger partial charge in [-0.25, -0.2) is 9.78 Å². The van der Waals surface area contributed by atoms with E-state index in [1.807, 2.05) is 36.4 Å². The number of rotatable bonds is 6. The van der Waals surface area contributed by atoms with Crippen LogP contribution in [0.15, 0.2) is 66.9 Å². The molecule has 6 nitrogen and oxygen atoms in total. The summed E-state index contributed by atoms with van der Waals surface area (Å²) in [7, 11) is 0. The van der Waals surface area contributed by atoms with Gasteiger partial charge < -0.3 is 15.2 Å². The first-order chi connectivity index (χ1) is 14.5. The number of carbonyl (C=O) groups excluding carboxylic acids is 1. The highest BCUT2D eigenvalue weighted by atomic mass is 35.5. The molecule has 0 saturated heterocycles. The average Bonchev–Trinajstić information content (AvgIpc) is 3.05. The van der Waals surface area contributed by atoms with Gasteiger partial charge in [-0.3, -0.25) is 4.79 Å². The van der Waals surface area contributed by atoms with Gasteiger partial charge in [0.15, 0.2) is 0 Å². The number of carboxylic acids is 1. The minimum atomic E-state index is -1.05. The fourth-order valence-corrected chi connectivity index (χ4v) is 4.03. The molecule has 1 aromatic heterocycles. The van der Waals surface area contributed by atoms with Crippen molar-refractivity contribution in [3.8, 4) is 11.1 Å². The third-order valence-corrected chi connectivity index (χ3v) is 5.37. The van der Waals surface area contributed by atoms with Crippen molar-refractivity contribution in [3.05, 3.63) is 88.7 Å². The fraction of sp³-hybridized carbons (Fsp3) is 0.174. The number of ether oxygens (including phenoxy) is 1. The second-order valence-corrected chi connectivity index (χ2v) is 7.42. The van der Waals surface area contributed by atoms with Gasteiger partial charge in [-0.1, -0.05) is 60.1 Å². The molecule has 1 heterocycles. The van der Waals surface area contributed by atoms with Gasteiger partial charge in [0.1, 0.15) is 11.8 Å². The largest absolute Gasteiger partial charge is 0.481 e. The summed E-state index contributed by atoms with van der Waals surface area (Å²) in [6, 6.07) is 18.5. The number of aliphatic carboxylic acids is 1. The number of nitrogens with one attached hydrogen (secondary N) is 1. The van der Waals surface area contributed by atoms with E-state index in [1.54, 1.807) is 6.07 Å². The number of amides is 1. The zero-order valence-corrected chi connectivity index (χ0v) is 16.7. The fourth-order valence-electron chi connectivity index (χ4n) is 3.84. The van der Waals surface area contributed by atoms with Gasteiger partial charge in [0.25, 0.3) is 0 Å². The maximum atomic E-state index is 12.5.